The zero-order valence-electron chi connectivity index (χ0n) is 15.1. The molecule has 0 fully saturated rings. The van der Waals surface area contributed by atoms with E-state index in [9.17, 15) is 10.1 Å². The Morgan fingerprint density at radius 2 is 2.11 bits per heavy atom. The second-order valence-electron chi connectivity index (χ2n) is 6.51. The van der Waals surface area contributed by atoms with Crippen molar-refractivity contribution in [2.24, 2.45) is 0 Å². The number of thiophene rings is 2. The van der Waals surface area contributed by atoms with Crippen molar-refractivity contribution >= 4 is 55.6 Å². The van der Waals surface area contributed by atoms with Crippen LogP contribution < -0.4 is 5.32 Å². The standard InChI is InChI=1S/C19H18N4OS3/c1-10-11(2)26-17(13(10)7-20)23-15(24)8-25-18-16-12-5-3-4-6-14(12)27-19(16)22-9-21-18/h9H,3-6,8H2,1-2H3,(H,23,24). The van der Waals surface area contributed by atoms with E-state index in [1.165, 1.54) is 46.4 Å². The minimum absolute atomic E-state index is 0.117. The van der Waals surface area contributed by atoms with Gasteiger partial charge in [0, 0.05) is 15.1 Å². The highest BCUT2D eigenvalue weighted by Crippen LogP contribution is 2.39. The van der Waals surface area contributed by atoms with Gasteiger partial charge in [0.25, 0.3) is 0 Å². The number of thioether (sulfide) groups is 1. The fourth-order valence-corrected chi connectivity index (χ4v) is 6.46. The maximum Gasteiger partial charge on any atom is 0.235 e. The monoisotopic (exact) mass is 414 g/mol. The summed E-state index contributed by atoms with van der Waals surface area (Å²) in [6.07, 6.45) is 6.21. The number of rotatable bonds is 4. The van der Waals surface area contributed by atoms with Gasteiger partial charge in [-0.15, -0.1) is 22.7 Å². The number of anilines is 1. The summed E-state index contributed by atoms with van der Waals surface area (Å²) in [6, 6.07) is 2.19. The Hall–Kier alpha value is -1.95. The Kier molecular flexibility index (Phi) is 5.17. The molecule has 1 N–H and O–H groups in total. The smallest absolute Gasteiger partial charge is 0.235 e. The molecule has 0 bridgehead atoms. The molecule has 3 heterocycles. The average Bonchev–Trinajstić information content (AvgIpc) is 3.17. The fourth-order valence-electron chi connectivity index (χ4n) is 3.32. The lowest BCUT2D eigenvalue weighted by atomic mass is 9.97. The highest BCUT2D eigenvalue weighted by Gasteiger charge is 2.21. The molecule has 1 aliphatic rings. The molecule has 0 spiro atoms. The molecular weight excluding hydrogens is 396 g/mol. The zero-order valence-corrected chi connectivity index (χ0v) is 17.5. The van der Waals surface area contributed by atoms with Crippen LogP contribution in [0.5, 0.6) is 0 Å². The average molecular weight is 415 g/mol. The van der Waals surface area contributed by atoms with Gasteiger partial charge in [-0.05, 0) is 50.7 Å². The molecule has 0 radical (unpaired) electrons. The van der Waals surface area contributed by atoms with E-state index in [0.717, 1.165) is 38.5 Å². The summed E-state index contributed by atoms with van der Waals surface area (Å²) < 4.78 is 0. The van der Waals surface area contributed by atoms with E-state index in [1.54, 1.807) is 17.7 Å². The van der Waals surface area contributed by atoms with Gasteiger partial charge in [0.1, 0.15) is 27.3 Å². The van der Waals surface area contributed by atoms with Gasteiger partial charge in [0.2, 0.25) is 5.91 Å². The van der Waals surface area contributed by atoms with Gasteiger partial charge < -0.3 is 5.32 Å². The van der Waals surface area contributed by atoms with Crippen molar-refractivity contribution in [1.82, 2.24) is 9.97 Å². The second kappa shape index (κ2) is 7.58. The van der Waals surface area contributed by atoms with E-state index in [4.69, 9.17) is 0 Å². The Bertz CT molecular complexity index is 1080. The fraction of sp³-hybridized carbons (Fsp3) is 0.368. The van der Waals surface area contributed by atoms with Crippen LogP contribution >= 0.6 is 34.4 Å². The number of hydrogen-bond donors (Lipinski definition) is 1. The number of nitrogens with one attached hydrogen (secondary N) is 1. The first-order valence-corrected chi connectivity index (χ1v) is 11.4. The summed E-state index contributed by atoms with van der Waals surface area (Å²) in [4.78, 5) is 24.8. The molecule has 0 saturated heterocycles. The summed E-state index contributed by atoms with van der Waals surface area (Å²) in [6.45, 7) is 3.87. The van der Waals surface area contributed by atoms with Crippen molar-refractivity contribution in [2.75, 3.05) is 11.1 Å². The number of carbonyl (C=O) groups excluding carboxylic acids is 1. The van der Waals surface area contributed by atoms with E-state index in [-0.39, 0.29) is 11.7 Å². The van der Waals surface area contributed by atoms with E-state index in [1.807, 2.05) is 13.8 Å². The summed E-state index contributed by atoms with van der Waals surface area (Å²) >= 11 is 4.66. The first-order chi connectivity index (χ1) is 13.1. The van der Waals surface area contributed by atoms with Crippen molar-refractivity contribution in [3.05, 3.63) is 32.8 Å². The molecule has 3 aromatic heterocycles. The molecule has 0 atom stereocenters. The van der Waals surface area contributed by atoms with E-state index in [0.29, 0.717) is 10.6 Å². The Balaban J connectivity index is 1.52. The molecule has 5 nitrogen and oxygen atoms in total. The summed E-state index contributed by atoms with van der Waals surface area (Å²) in [7, 11) is 0. The Morgan fingerprint density at radius 1 is 1.30 bits per heavy atom. The molecule has 8 heteroatoms. The third-order valence-electron chi connectivity index (χ3n) is 4.81. The topological polar surface area (TPSA) is 78.7 Å². The van der Waals surface area contributed by atoms with Crippen LogP contribution in [0.4, 0.5) is 5.00 Å². The normalized spacial score (nSPS) is 13.4. The van der Waals surface area contributed by atoms with Crippen LogP contribution in [-0.4, -0.2) is 21.6 Å². The SMILES string of the molecule is Cc1sc(NC(=O)CSc2ncnc3sc4c(c23)CCCC4)c(C#N)c1C. The van der Waals surface area contributed by atoms with Gasteiger partial charge >= 0.3 is 0 Å². The van der Waals surface area contributed by atoms with Crippen molar-refractivity contribution in [3.63, 3.8) is 0 Å². The summed E-state index contributed by atoms with van der Waals surface area (Å²) in [5.41, 5.74) is 2.88. The second-order valence-corrected chi connectivity index (χ2v) is 9.78. The van der Waals surface area contributed by atoms with Crippen molar-refractivity contribution in [1.29, 1.82) is 5.26 Å². The van der Waals surface area contributed by atoms with E-state index >= 15 is 0 Å². The summed E-state index contributed by atoms with van der Waals surface area (Å²) in [5.74, 6) is 0.144. The molecule has 0 aliphatic heterocycles. The Morgan fingerprint density at radius 3 is 2.93 bits per heavy atom. The molecule has 27 heavy (non-hydrogen) atoms. The summed E-state index contributed by atoms with van der Waals surface area (Å²) in [5, 5.41) is 14.9. The third-order valence-corrected chi connectivity index (χ3v) is 8.12. The number of nitriles is 1. The van der Waals surface area contributed by atoms with Gasteiger partial charge in [-0.1, -0.05) is 11.8 Å². The minimum Gasteiger partial charge on any atom is -0.316 e. The van der Waals surface area contributed by atoms with Crippen molar-refractivity contribution in [3.8, 4) is 6.07 Å². The number of hydrogen-bond acceptors (Lipinski definition) is 7. The maximum absolute atomic E-state index is 12.5. The zero-order chi connectivity index (χ0) is 19.0. The first kappa shape index (κ1) is 18.4. The molecule has 1 amide bonds. The lowest BCUT2D eigenvalue weighted by molar-refractivity contribution is -0.113. The highest BCUT2D eigenvalue weighted by molar-refractivity contribution is 8.00. The van der Waals surface area contributed by atoms with Crippen LogP contribution in [0.2, 0.25) is 0 Å². The molecule has 1 aliphatic carbocycles. The maximum atomic E-state index is 12.5. The van der Waals surface area contributed by atoms with Crippen LogP contribution in [0.25, 0.3) is 10.2 Å². The first-order valence-electron chi connectivity index (χ1n) is 8.76. The number of fused-ring (bicyclic) bond motifs is 3. The van der Waals surface area contributed by atoms with Gasteiger partial charge in [-0.3, -0.25) is 4.79 Å². The lowest BCUT2D eigenvalue weighted by Gasteiger charge is -2.11. The number of carbonyl (C=O) groups is 1. The highest BCUT2D eigenvalue weighted by atomic mass is 32.2. The van der Waals surface area contributed by atoms with E-state index in [2.05, 4.69) is 21.4 Å². The molecule has 0 aromatic carbocycles. The van der Waals surface area contributed by atoms with Gasteiger partial charge in [0.15, 0.2) is 0 Å². The van der Waals surface area contributed by atoms with Gasteiger partial charge in [0.05, 0.1) is 11.3 Å². The Labute approximate surface area is 169 Å². The molecule has 4 rings (SSSR count). The largest absolute Gasteiger partial charge is 0.316 e. The number of aromatic nitrogens is 2. The lowest BCUT2D eigenvalue weighted by Crippen LogP contribution is -2.14. The molecule has 3 aromatic rings. The van der Waals surface area contributed by atoms with Crippen LogP contribution in [0.1, 0.15) is 39.3 Å². The molecule has 0 unspecified atom stereocenters. The van der Waals surface area contributed by atoms with Gasteiger partial charge in [-0.2, -0.15) is 5.26 Å². The third kappa shape index (κ3) is 3.47. The minimum atomic E-state index is -0.117. The number of amides is 1. The van der Waals surface area contributed by atoms with Crippen LogP contribution in [-0.2, 0) is 17.6 Å². The number of nitrogens with zero attached hydrogens (tertiary/aromatic N) is 3. The molecule has 0 saturated carbocycles. The predicted molar refractivity (Wildman–Crippen MR) is 112 cm³/mol. The molecular formula is C19H18N4OS3. The van der Waals surface area contributed by atoms with Crippen LogP contribution in [0, 0.1) is 25.2 Å². The van der Waals surface area contributed by atoms with Crippen molar-refractivity contribution < 1.29 is 4.79 Å². The quantitative estimate of drug-likeness (QED) is 0.488. The molecule has 138 valence electrons. The van der Waals surface area contributed by atoms with Crippen LogP contribution in [0.15, 0.2) is 11.4 Å². The van der Waals surface area contributed by atoms with Crippen LogP contribution in [0.3, 0.4) is 0 Å². The van der Waals surface area contributed by atoms with E-state index < -0.39 is 0 Å². The van der Waals surface area contributed by atoms with Gasteiger partial charge in [-0.25, -0.2) is 9.97 Å². The van der Waals surface area contributed by atoms with Crippen molar-refractivity contribution in [2.45, 2.75) is 44.6 Å². The number of aryl methyl sites for hydroxylation is 3. The predicted octanol–water partition coefficient (Wildman–Crippen LogP) is 4.85.